The first-order chi connectivity index (χ1) is 11.5. The fourth-order valence-electron chi connectivity index (χ4n) is 2.77. The summed E-state index contributed by atoms with van der Waals surface area (Å²) in [6.07, 6.45) is 4.92. The first kappa shape index (κ1) is 19.0. The molecule has 1 fully saturated rings. The highest BCUT2D eigenvalue weighted by Crippen LogP contribution is 2.18. The molecule has 0 bridgehead atoms. The number of morpholine rings is 1. The molecule has 2 heterocycles. The van der Waals surface area contributed by atoms with Crippen LogP contribution in [0.5, 0.6) is 0 Å². The number of nitrogens with two attached hydrogens (primary N) is 1. The molecule has 0 aromatic carbocycles. The second-order valence-electron chi connectivity index (χ2n) is 6.29. The van der Waals surface area contributed by atoms with Crippen LogP contribution in [0.25, 0.3) is 0 Å². The number of nitrogens with one attached hydrogen (secondary N) is 1. The Morgan fingerprint density at radius 3 is 2.75 bits per heavy atom. The van der Waals surface area contributed by atoms with E-state index in [0.29, 0.717) is 13.0 Å². The molecule has 7 heteroatoms. The second-order valence-corrected chi connectivity index (χ2v) is 7.28. The van der Waals surface area contributed by atoms with E-state index >= 15 is 0 Å². The molecule has 24 heavy (non-hydrogen) atoms. The van der Waals surface area contributed by atoms with Crippen molar-refractivity contribution in [1.29, 1.82) is 0 Å². The van der Waals surface area contributed by atoms with Crippen molar-refractivity contribution in [2.24, 2.45) is 5.73 Å². The SMILES string of the molecule is CSCCC(N)C(=O)NCc1ccc(N2CC(C)OC(C)C2)nc1. The van der Waals surface area contributed by atoms with E-state index in [-0.39, 0.29) is 18.1 Å². The fourth-order valence-corrected chi connectivity index (χ4v) is 3.26. The lowest BCUT2D eigenvalue weighted by atomic mass is 10.2. The van der Waals surface area contributed by atoms with Gasteiger partial charge < -0.3 is 20.7 Å². The summed E-state index contributed by atoms with van der Waals surface area (Å²) in [6.45, 7) is 6.30. The van der Waals surface area contributed by atoms with Gasteiger partial charge in [-0.05, 0) is 43.9 Å². The molecule has 0 radical (unpaired) electrons. The Labute approximate surface area is 148 Å². The molecule has 1 amide bonds. The summed E-state index contributed by atoms with van der Waals surface area (Å²) >= 11 is 1.69. The lowest BCUT2D eigenvalue weighted by molar-refractivity contribution is -0.122. The molecule has 0 saturated carbocycles. The van der Waals surface area contributed by atoms with Gasteiger partial charge in [-0.2, -0.15) is 11.8 Å². The molecule has 0 spiro atoms. The molecule has 1 aromatic rings. The van der Waals surface area contributed by atoms with Gasteiger partial charge in [0.2, 0.25) is 5.91 Å². The van der Waals surface area contributed by atoms with E-state index in [0.717, 1.165) is 30.2 Å². The monoisotopic (exact) mass is 352 g/mol. The Morgan fingerprint density at radius 1 is 1.46 bits per heavy atom. The number of rotatable bonds is 7. The van der Waals surface area contributed by atoms with Gasteiger partial charge in [0.1, 0.15) is 5.82 Å². The largest absolute Gasteiger partial charge is 0.372 e. The molecule has 1 aliphatic rings. The molecule has 6 nitrogen and oxygen atoms in total. The van der Waals surface area contributed by atoms with Crippen molar-refractivity contribution in [3.05, 3.63) is 23.9 Å². The standard InChI is InChI=1S/C17H28N4O2S/c1-12-10-21(11-13(2)23-12)16-5-4-14(8-19-16)9-20-17(22)15(18)6-7-24-3/h4-5,8,12-13,15H,6-7,9-11,18H2,1-3H3,(H,20,22). The van der Waals surface area contributed by atoms with Gasteiger partial charge >= 0.3 is 0 Å². The molecule has 1 saturated heterocycles. The second kappa shape index (κ2) is 9.25. The van der Waals surface area contributed by atoms with Crippen molar-refractivity contribution in [2.75, 3.05) is 30.0 Å². The summed E-state index contributed by atoms with van der Waals surface area (Å²) in [5.74, 6) is 1.73. The maximum Gasteiger partial charge on any atom is 0.237 e. The molecule has 134 valence electrons. The normalized spacial score (nSPS) is 22.2. The molecule has 3 N–H and O–H groups in total. The fraction of sp³-hybridized carbons (Fsp3) is 0.647. The number of pyridine rings is 1. The minimum Gasteiger partial charge on any atom is -0.372 e. The summed E-state index contributed by atoms with van der Waals surface area (Å²) < 4.78 is 5.75. The smallest absolute Gasteiger partial charge is 0.237 e. The van der Waals surface area contributed by atoms with Crippen molar-refractivity contribution < 1.29 is 9.53 Å². The highest BCUT2D eigenvalue weighted by molar-refractivity contribution is 7.98. The molecule has 3 unspecified atom stereocenters. The average molecular weight is 353 g/mol. The van der Waals surface area contributed by atoms with E-state index in [2.05, 4.69) is 29.0 Å². The lowest BCUT2D eigenvalue weighted by Crippen LogP contribution is -2.45. The maximum absolute atomic E-state index is 11.9. The quantitative estimate of drug-likeness (QED) is 0.772. The Hall–Kier alpha value is -1.31. The van der Waals surface area contributed by atoms with Gasteiger partial charge in [0, 0.05) is 25.8 Å². The zero-order chi connectivity index (χ0) is 17.5. The number of amides is 1. The van der Waals surface area contributed by atoms with Gasteiger partial charge in [0.05, 0.1) is 18.2 Å². The summed E-state index contributed by atoms with van der Waals surface area (Å²) in [5, 5.41) is 2.87. The van der Waals surface area contributed by atoms with Crippen LogP contribution in [0, 0.1) is 0 Å². The molecule has 2 rings (SSSR count). The van der Waals surface area contributed by atoms with Crippen LogP contribution in [0.1, 0.15) is 25.8 Å². The number of ether oxygens (including phenoxy) is 1. The summed E-state index contributed by atoms with van der Waals surface area (Å²) in [6, 6.07) is 3.56. The van der Waals surface area contributed by atoms with Crippen LogP contribution < -0.4 is 16.0 Å². The van der Waals surface area contributed by atoms with E-state index in [1.54, 1.807) is 11.8 Å². The third-order valence-electron chi connectivity index (χ3n) is 3.99. The third kappa shape index (κ3) is 5.65. The van der Waals surface area contributed by atoms with Gasteiger partial charge in [-0.1, -0.05) is 6.07 Å². The Balaban J connectivity index is 1.84. The predicted molar refractivity (Wildman–Crippen MR) is 99.3 cm³/mol. The summed E-state index contributed by atoms with van der Waals surface area (Å²) in [5.41, 5.74) is 6.83. The topological polar surface area (TPSA) is 80.5 Å². The van der Waals surface area contributed by atoms with E-state index in [4.69, 9.17) is 10.5 Å². The number of hydrogen-bond donors (Lipinski definition) is 2. The zero-order valence-electron chi connectivity index (χ0n) is 14.7. The summed E-state index contributed by atoms with van der Waals surface area (Å²) in [4.78, 5) is 18.7. The van der Waals surface area contributed by atoms with E-state index < -0.39 is 6.04 Å². The van der Waals surface area contributed by atoms with Crippen molar-refractivity contribution in [3.63, 3.8) is 0 Å². The minimum atomic E-state index is -0.444. The number of hydrogen-bond acceptors (Lipinski definition) is 6. The number of nitrogens with zero attached hydrogens (tertiary/aromatic N) is 2. The van der Waals surface area contributed by atoms with Crippen molar-refractivity contribution >= 4 is 23.5 Å². The molecular formula is C17H28N4O2S. The van der Waals surface area contributed by atoms with Crippen LogP contribution in [0.4, 0.5) is 5.82 Å². The number of carbonyl (C=O) groups excluding carboxylic acids is 1. The highest BCUT2D eigenvalue weighted by Gasteiger charge is 2.23. The van der Waals surface area contributed by atoms with Crippen LogP contribution in [0.3, 0.4) is 0 Å². The Morgan fingerprint density at radius 2 is 2.17 bits per heavy atom. The average Bonchev–Trinajstić information content (AvgIpc) is 2.57. The number of aromatic nitrogens is 1. The number of anilines is 1. The summed E-state index contributed by atoms with van der Waals surface area (Å²) in [7, 11) is 0. The van der Waals surface area contributed by atoms with Crippen molar-refractivity contribution in [2.45, 2.75) is 45.1 Å². The first-order valence-corrected chi connectivity index (χ1v) is 9.76. The van der Waals surface area contributed by atoms with E-state index in [1.165, 1.54) is 0 Å². The zero-order valence-corrected chi connectivity index (χ0v) is 15.5. The lowest BCUT2D eigenvalue weighted by Gasteiger charge is -2.36. The number of thioether (sulfide) groups is 1. The molecule has 1 aliphatic heterocycles. The number of carbonyl (C=O) groups is 1. The third-order valence-corrected chi connectivity index (χ3v) is 4.63. The predicted octanol–water partition coefficient (Wildman–Crippen LogP) is 1.39. The molecule has 0 aliphatic carbocycles. The molecule has 3 atom stereocenters. The molecule has 1 aromatic heterocycles. The molecular weight excluding hydrogens is 324 g/mol. The van der Waals surface area contributed by atoms with Gasteiger partial charge in [0.15, 0.2) is 0 Å². The van der Waals surface area contributed by atoms with Gasteiger partial charge in [0.25, 0.3) is 0 Å². The van der Waals surface area contributed by atoms with E-state index in [1.807, 2.05) is 24.6 Å². The maximum atomic E-state index is 11.9. The minimum absolute atomic E-state index is 0.107. The van der Waals surface area contributed by atoms with Gasteiger partial charge in [-0.25, -0.2) is 4.98 Å². The van der Waals surface area contributed by atoms with Crippen LogP contribution in [-0.4, -0.2) is 54.2 Å². The van der Waals surface area contributed by atoms with Crippen molar-refractivity contribution in [1.82, 2.24) is 10.3 Å². The van der Waals surface area contributed by atoms with Crippen LogP contribution in [-0.2, 0) is 16.1 Å². The first-order valence-electron chi connectivity index (χ1n) is 8.37. The Bertz CT molecular complexity index is 516. The van der Waals surface area contributed by atoms with E-state index in [9.17, 15) is 4.79 Å². The van der Waals surface area contributed by atoms with Crippen molar-refractivity contribution in [3.8, 4) is 0 Å². The van der Waals surface area contributed by atoms with Crippen LogP contribution in [0.2, 0.25) is 0 Å². The van der Waals surface area contributed by atoms with Crippen LogP contribution >= 0.6 is 11.8 Å². The van der Waals surface area contributed by atoms with Gasteiger partial charge in [-0.3, -0.25) is 4.79 Å². The van der Waals surface area contributed by atoms with Crippen LogP contribution in [0.15, 0.2) is 18.3 Å². The van der Waals surface area contributed by atoms with Gasteiger partial charge in [-0.15, -0.1) is 0 Å². The highest BCUT2D eigenvalue weighted by atomic mass is 32.2. The Kier molecular flexibility index (Phi) is 7.33.